The van der Waals surface area contributed by atoms with Crippen molar-refractivity contribution in [2.75, 3.05) is 6.61 Å². The van der Waals surface area contributed by atoms with Gasteiger partial charge in [-0.1, -0.05) is 20.3 Å². The number of hydrogen-bond acceptors (Lipinski definition) is 3. The van der Waals surface area contributed by atoms with Crippen LogP contribution < -0.4 is 16.4 Å². The second-order valence-electron chi connectivity index (χ2n) is 5.68. The number of primary amides is 1. The molecule has 3 amide bonds. The van der Waals surface area contributed by atoms with E-state index < -0.39 is 12.1 Å². The number of nitrogens with one attached hydrogen (secondary N) is 2. The number of urea groups is 1. The standard InChI is InChI=1S/C13H25N3O3/c1-8(2)6-11(16-13(14)19)12(18)15-10-5-3-4-9(10)7-17/h8-11,17H,3-7H2,1-2H3,(H,15,18)(H3,14,16,19). The van der Waals surface area contributed by atoms with Gasteiger partial charge in [0.15, 0.2) is 0 Å². The smallest absolute Gasteiger partial charge is 0.312 e. The molecule has 3 atom stereocenters. The number of rotatable bonds is 6. The van der Waals surface area contributed by atoms with Crippen LogP contribution in [0, 0.1) is 11.8 Å². The van der Waals surface area contributed by atoms with Crippen molar-refractivity contribution >= 4 is 11.9 Å². The number of aliphatic hydroxyl groups is 1. The Kier molecular flexibility index (Phi) is 6.08. The lowest BCUT2D eigenvalue weighted by atomic mass is 10.0. The molecule has 0 aliphatic heterocycles. The quantitative estimate of drug-likeness (QED) is 0.560. The van der Waals surface area contributed by atoms with Gasteiger partial charge in [-0.2, -0.15) is 0 Å². The lowest BCUT2D eigenvalue weighted by Gasteiger charge is -2.24. The first-order valence-electron chi connectivity index (χ1n) is 6.91. The van der Waals surface area contributed by atoms with Gasteiger partial charge in [0.1, 0.15) is 6.04 Å². The molecular formula is C13H25N3O3. The summed E-state index contributed by atoms with van der Waals surface area (Å²) in [5.74, 6) is 0.190. The fourth-order valence-electron chi connectivity index (χ4n) is 2.60. The first-order chi connectivity index (χ1) is 8.93. The Bertz CT molecular complexity index is 320. The Hall–Kier alpha value is -1.30. The van der Waals surface area contributed by atoms with Crippen LogP contribution in [0.4, 0.5) is 4.79 Å². The zero-order valence-corrected chi connectivity index (χ0v) is 11.7. The number of aliphatic hydroxyl groups excluding tert-OH is 1. The summed E-state index contributed by atoms with van der Waals surface area (Å²) in [7, 11) is 0. The third kappa shape index (κ3) is 5.06. The summed E-state index contributed by atoms with van der Waals surface area (Å²) in [5, 5.41) is 14.6. The molecule has 1 aliphatic carbocycles. The largest absolute Gasteiger partial charge is 0.396 e. The van der Waals surface area contributed by atoms with Crippen molar-refractivity contribution in [1.29, 1.82) is 0 Å². The van der Waals surface area contributed by atoms with Crippen molar-refractivity contribution in [3.63, 3.8) is 0 Å². The van der Waals surface area contributed by atoms with Gasteiger partial charge in [-0.15, -0.1) is 0 Å². The van der Waals surface area contributed by atoms with Crippen molar-refractivity contribution in [2.45, 2.75) is 51.6 Å². The van der Waals surface area contributed by atoms with Gasteiger partial charge in [0.05, 0.1) is 0 Å². The number of carbonyl (C=O) groups is 2. The molecule has 0 saturated heterocycles. The normalized spacial score (nSPS) is 24.2. The van der Waals surface area contributed by atoms with E-state index in [4.69, 9.17) is 5.73 Å². The van der Waals surface area contributed by atoms with Crippen LogP contribution in [-0.4, -0.2) is 35.7 Å². The molecule has 0 bridgehead atoms. The van der Waals surface area contributed by atoms with Crippen LogP contribution >= 0.6 is 0 Å². The van der Waals surface area contributed by atoms with Gasteiger partial charge in [0, 0.05) is 18.6 Å². The fraction of sp³-hybridized carbons (Fsp3) is 0.846. The van der Waals surface area contributed by atoms with Crippen LogP contribution in [0.2, 0.25) is 0 Å². The minimum absolute atomic E-state index is 0.00170. The Morgan fingerprint density at radius 1 is 1.37 bits per heavy atom. The van der Waals surface area contributed by atoms with Gasteiger partial charge in [0.2, 0.25) is 5.91 Å². The van der Waals surface area contributed by atoms with Crippen molar-refractivity contribution in [3.05, 3.63) is 0 Å². The van der Waals surface area contributed by atoms with Gasteiger partial charge in [-0.3, -0.25) is 4.79 Å². The lowest BCUT2D eigenvalue weighted by molar-refractivity contribution is -0.124. The minimum atomic E-state index is -0.689. The van der Waals surface area contributed by atoms with Gasteiger partial charge in [-0.05, 0) is 25.2 Å². The highest BCUT2D eigenvalue weighted by molar-refractivity contribution is 5.86. The molecule has 19 heavy (non-hydrogen) atoms. The molecule has 6 nitrogen and oxygen atoms in total. The third-order valence-corrected chi connectivity index (χ3v) is 3.56. The second kappa shape index (κ2) is 7.33. The molecule has 0 radical (unpaired) electrons. The minimum Gasteiger partial charge on any atom is -0.396 e. The van der Waals surface area contributed by atoms with E-state index in [0.29, 0.717) is 6.42 Å². The van der Waals surface area contributed by atoms with Crippen molar-refractivity contribution < 1.29 is 14.7 Å². The zero-order valence-electron chi connectivity index (χ0n) is 11.7. The first kappa shape index (κ1) is 15.8. The summed E-state index contributed by atoms with van der Waals surface area (Å²) in [4.78, 5) is 23.1. The molecule has 1 fully saturated rings. The maximum absolute atomic E-state index is 12.2. The molecule has 0 aromatic heterocycles. The molecule has 1 aliphatic rings. The van der Waals surface area contributed by atoms with Crippen molar-refractivity contribution in [1.82, 2.24) is 10.6 Å². The van der Waals surface area contributed by atoms with E-state index in [2.05, 4.69) is 10.6 Å². The van der Waals surface area contributed by atoms with E-state index in [1.54, 1.807) is 0 Å². The van der Waals surface area contributed by atoms with Crippen LogP contribution in [0.15, 0.2) is 0 Å². The van der Waals surface area contributed by atoms with Gasteiger partial charge < -0.3 is 21.5 Å². The summed E-state index contributed by atoms with van der Waals surface area (Å²) in [6.45, 7) is 4.05. The highest BCUT2D eigenvalue weighted by atomic mass is 16.3. The molecule has 110 valence electrons. The van der Waals surface area contributed by atoms with E-state index in [0.717, 1.165) is 19.3 Å². The highest BCUT2D eigenvalue weighted by Gasteiger charge is 2.30. The molecule has 0 aromatic rings. The lowest BCUT2D eigenvalue weighted by Crippen LogP contribution is -2.52. The Balaban J connectivity index is 2.57. The summed E-state index contributed by atoms with van der Waals surface area (Å²) >= 11 is 0. The second-order valence-corrected chi connectivity index (χ2v) is 5.68. The van der Waals surface area contributed by atoms with Gasteiger partial charge in [-0.25, -0.2) is 4.79 Å². The molecular weight excluding hydrogens is 246 g/mol. The molecule has 3 unspecified atom stereocenters. The topological polar surface area (TPSA) is 104 Å². The van der Waals surface area contributed by atoms with E-state index in [9.17, 15) is 14.7 Å². The Morgan fingerprint density at radius 3 is 2.58 bits per heavy atom. The molecule has 5 N–H and O–H groups in total. The van der Waals surface area contributed by atoms with Crippen LogP contribution in [-0.2, 0) is 4.79 Å². The van der Waals surface area contributed by atoms with Crippen molar-refractivity contribution in [2.24, 2.45) is 17.6 Å². The van der Waals surface area contributed by atoms with Gasteiger partial charge >= 0.3 is 6.03 Å². The highest BCUT2D eigenvalue weighted by Crippen LogP contribution is 2.25. The Labute approximate surface area is 114 Å². The predicted octanol–water partition coefficient (Wildman–Crippen LogP) is 0.347. The molecule has 1 saturated carbocycles. The molecule has 0 heterocycles. The Morgan fingerprint density at radius 2 is 2.05 bits per heavy atom. The van der Waals surface area contributed by atoms with Crippen molar-refractivity contribution in [3.8, 4) is 0 Å². The van der Waals surface area contributed by atoms with E-state index >= 15 is 0 Å². The van der Waals surface area contributed by atoms with Gasteiger partial charge in [0.25, 0.3) is 0 Å². The summed E-state index contributed by atoms with van der Waals surface area (Å²) < 4.78 is 0. The summed E-state index contributed by atoms with van der Waals surface area (Å²) in [6, 6.07) is -1.29. The fourth-order valence-corrected chi connectivity index (χ4v) is 2.60. The summed E-state index contributed by atoms with van der Waals surface area (Å²) in [6.07, 6.45) is 3.36. The van der Waals surface area contributed by atoms with Crippen LogP contribution in [0.25, 0.3) is 0 Å². The average molecular weight is 271 g/mol. The average Bonchev–Trinajstić information content (AvgIpc) is 2.74. The SMILES string of the molecule is CC(C)CC(NC(N)=O)C(=O)NC1CCCC1CO. The van der Waals surface area contributed by atoms with Crippen LogP contribution in [0.5, 0.6) is 0 Å². The molecule has 0 aromatic carbocycles. The molecule has 1 rings (SSSR count). The first-order valence-corrected chi connectivity index (χ1v) is 6.91. The summed E-state index contributed by atoms with van der Waals surface area (Å²) in [5.41, 5.74) is 5.10. The number of amides is 3. The van der Waals surface area contributed by atoms with Crippen LogP contribution in [0.3, 0.4) is 0 Å². The molecule has 0 spiro atoms. The molecule has 6 heteroatoms. The number of carbonyl (C=O) groups excluding carboxylic acids is 2. The van der Waals surface area contributed by atoms with Crippen LogP contribution in [0.1, 0.15) is 39.5 Å². The van der Waals surface area contributed by atoms with E-state index in [1.165, 1.54) is 0 Å². The monoisotopic (exact) mass is 271 g/mol. The maximum atomic E-state index is 12.2. The van der Waals surface area contributed by atoms with E-state index in [1.807, 2.05) is 13.8 Å². The number of hydrogen-bond donors (Lipinski definition) is 4. The zero-order chi connectivity index (χ0) is 14.4. The van der Waals surface area contributed by atoms with E-state index in [-0.39, 0.29) is 30.4 Å². The predicted molar refractivity (Wildman–Crippen MR) is 72.3 cm³/mol. The third-order valence-electron chi connectivity index (χ3n) is 3.56. The maximum Gasteiger partial charge on any atom is 0.312 e. The number of nitrogens with two attached hydrogens (primary N) is 1.